The summed E-state index contributed by atoms with van der Waals surface area (Å²) in [5, 5.41) is 5.89. The molecule has 1 aromatic rings. The van der Waals surface area contributed by atoms with Gasteiger partial charge in [-0.25, -0.2) is 4.39 Å². The summed E-state index contributed by atoms with van der Waals surface area (Å²) in [5.74, 6) is -1.19. The fraction of sp³-hybridized carbons (Fsp3) is 0.444. The van der Waals surface area contributed by atoms with Gasteiger partial charge in [-0.15, -0.1) is 0 Å². The zero-order chi connectivity index (χ0) is 11.8. The average Bonchev–Trinajstić information content (AvgIpc) is 2.59. The second-order valence-corrected chi connectivity index (χ2v) is 3.59. The Labute approximate surface area is 88.1 Å². The van der Waals surface area contributed by atoms with E-state index in [4.69, 9.17) is 0 Å². The Hall–Kier alpha value is -1.37. The molecule has 1 saturated heterocycles. The molecule has 2 heterocycles. The molecule has 0 bridgehead atoms. The van der Waals surface area contributed by atoms with Crippen LogP contribution in [-0.2, 0) is 6.18 Å². The smallest absolute Gasteiger partial charge is 0.351 e. The maximum Gasteiger partial charge on any atom is 0.452 e. The van der Waals surface area contributed by atoms with Gasteiger partial charge in [0.1, 0.15) is 5.69 Å². The second kappa shape index (κ2) is 3.58. The van der Waals surface area contributed by atoms with Crippen LogP contribution >= 0.6 is 0 Å². The number of hydrogen-bond donors (Lipinski definition) is 1. The SMILES string of the molecule is FC1(C=Cc2cc(C(F)(F)F)on2)CNC1. The molecule has 0 atom stereocenters. The first-order valence-corrected chi connectivity index (χ1v) is 4.52. The molecule has 0 amide bonds. The standard InChI is InChI=1S/C9H8F4N2O/c10-8(4-14-5-8)2-1-6-3-7(16-15-6)9(11,12)13/h1-3,14H,4-5H2. The fourth-order valence-corrected chi connectivity index (χ4v) is 1.22. The minimum Gasteiger partial charge on any atom is -0.351 e. The van der Waals surface area contributed by atoms with Crippen LogP contribution in [0, 0.1) is 0 Å². The Balaban J connectivity index is 2.08. The van der Waals surface area contributed by atoms with Crippen LogP contribution in [0.2, 0.25) is 0 Å². The molecule has 0 aliphatic carbocycles. The number of nitrogens with zero attached hydrogens (tertiary/aromatic N) is 1. The van der Waals surface area contributed by atoms with Crippen LogP contribution < -0.4 is 5.32 Å². The van der Waals surface area contributed by atoms with Crippen LogP contribution in [0.25, 0.3) is 6.08 Å². The lowest BCUT2D eigenvalue weighted by molar-refractivity contribution is -0.155. The largest absolute Gasteiger partial charge is 0.452 e. The van der Waals surface area contributed by atoms with Gasteiger partial charge < -0.3 is 9.84 Å². The van der Waals surface area contributed by atoms with Gasteiger partial charge in [0, 0.05) is 19.2 Å². The lowest BCUT2D eigenvalue weighted by Gasteiger charge is -2.31. The molecule has 1 fully saturated rings. The second-order valence-electron chi connectivity index (χ2n) is 3.59. The molecule has 1 aliphatic rings. The van der Waals surface area contributed by atoms with Crippen molar-refractivity contribution in [1.29, 1.82) is 0 Å². The quantitative estimate of drug-likeness (QED) is 0.798. The first-order valence-electron chi connectivity index (χ1n) is 4.52. The normalized spacial score (nSPS) is 20.0. The maximum absolute atomic E-state index is 13.4. The van der Waals surface area contributed by atoms with Crippen LogP contribution in [0.15, 0.2) is 16.7 Å². The number of rotatable bonds is 2. The predicted octanol–water partition coefficient (Wildman–Crippen LogP) is 2.02. The van der Waals surface area contributed by atoms with Gasteiger partial charge in [-0.1, -0.05) is 5.16 Å². The van der Waals surface area contributed by atoms with E-state index < -0.39 is 17.6 Å². The van der Waals surface area contributed by atoms with Crippen molar-refractivity contribution in [2.45, 2.75) is 11.8 Å². The highest BCUT2D eigenvalue weighted by Crippen LogP contribution is 2.30. The fourth-order valence-electron chi connectivity index (χ4n) is 1.22. The molecule has 0 aromatic carbocycles. The molecule has 1 N–H and O–H groups in total. The van der Waals surface area contributed by atoms with Crippen molar-refractivity contribution in [3.63, 3.8) is 0 Å². The summed E-state index contributed by atoms with van der Waals surface area (Å²) in [7, 11) is 0. The van der Waals surface area contributed by atoms with E-state index >= 15 is 0 Å². The first kappa shape index (κ1) is 11.1. The summed E-state index contributed by atoms with van der Waals surface area (Å²) in [5.41, 5.74) is -1.53. The topological polar surface area (TPSA) is 38.1 Å². The molecule has 1 aliphatic heterocycles. The minimum atomic E-state index is -4.56. The van der Waals surface area contributed by atoms with Crippen molar-refractivity contribution in [2.75, 3.05) is 13.1 Å². The highest BCUT2D eigenvalue weighted by atomic mass is 19.4. The summed E-state index contributed by atoms with van der Waals surface area (Å²) in [6.07, 6.45) is -2.20. The highest BCUT2D eigenvalue weighted by molar-refractivity contribution is 5.47. The predicted molar refractivity (Wildman–Crippen MR) is 47.2 cm³/mol. The zero-order valence-corrected chi connectivity index (χ0v) is 8.01. The molecule has 1 aromatic heterocycles. The lowest BCUT2D eigenvalue weighted by atomic mass is 9.99. The third-order valence-corrected chi connectivity index (χ3v) is 2.20. The van der Waals surface area contributed by atoms with E-state index in [9.17, 15) is 17.6 Å². The van der Waals surface area contributed by atoms with Crippen LogP contribution in [-0.4, -0.2) is 23.9 Å². The number of aromatic nitrogens is 1. The van der Waals surface area contributed by atoms with Crippen molar-refractivity contribution < 1.29 is 22.1 Å². The van der Waals surface area contributed by atoms with Crippen molar-refractivity contribution in [1.82, 2.24) is 10.5 Å². The van der Waals surface area contributed by atoms with E-state index in [1.807, 2.05) is 0 Å². The number of halogens is 4. The van der Waals surface area contributed by atoms with Crippen LogP contribution in [0.1, 0.15) is 11.5 Å². The average molecular weight is 236 g/mol. The molecule has 0 unspecified atom stereocenters. The van der Waals surface area contributed by atoms with Gasteiger partial charge in [0.05, 0.1) is 0 Å². The van der Waals surface area contributed by atoms with E-state index in [0.717, 1.165) is 6.07 Å². The van der Waals surface area contributed by atoms with E-state index in [1.165, 1.54) is 12.2 Å². The molecule has 0 radical (unpaired) electrons. The molecule has 88 valence electrons. The molecule has 2 rings (SSSR count). The van der Waals surface area contributed by atoms with E-state index in [0.29, 0.717) is 0 Å². The number of alkyl halides is 4. The van der Waals surface area contributed by atoms with Crippen molar-refractivity contribution >= 4 is 6.08 Å². The summed E-state index contributed by atoms with van der Waals surface area (Å²) in [4.78, 5) is 0. The number of nitrogens with one attached hydrogen (secondary N) is 1. The Morgan fingerprint density at radius 2 is 2.12 bits per heavy atom. The van der Waals surface area contributed by atoms with E-state index in [-0.39, 0.29) is 18.8 Å². The van der Waals surface area contributed by atoms with Gasteiger partial charge in [-0.3, -0.25) is 0 Å². The first-order chi connectivity index (χ1) is 7.39. The van der Waals surface area contributed by atoms with Crippen molar-refractivity contribution in [3.05, 3.63) is 23.6 Å². The molecular formula is C9H8F4N2O. The lowest BCUT2D eigenvalue weighted by Crippen LogP contribution is -2.54. The number of hydrogen-bond acceptors (Lipinski definition) is 3. The minimum absolute atomic E-state index is 0.0451. The maximum atomic E-state index is 13.4. The van der Waals surface area contributed by atoms with Gasteiger partial charge in [0.15, 0.2) is 5.67 Å². The molecule has 0 spiro atoms. The molecule has 7 heteroatoms. The van der Waals surface area contributed by atoms with Crippen LogP contribution in [0.5, 0.6) is 0 Å². The Morgan fingerprint density at radius 3 is 2.56 bits per heavy atom. The molecule has 3 nitrogen and oxygen atoms in total. The molecule has 16 heavy (non-hydrogen) atoms. The molecule has 0 saturated carbocycles. The summed E-state index contributed by atoms with van der Waals surface area (Å²) in [6, 6.07) is 0.728. The van der Waals surface area contributed by atoms with Gasteiger partial charge in [0.2, 0.25) is 5.76 Å². The third kappa shape index (κ3) is 2.24. The van der Waals surface area contributed by atoms with E-state index in [2.05, 4.69) is 15.0 Å². The highest BCUT2D eigenvalue weighted by Gasteiger charge is 2.36. The summed E-state index contributed by atoms with van der Waals surface area (Å²) < 4.78 is 53.8. The Kier molecular flexibility index (Phi) is 2.49. The zero-order valence-electron chi connectivity index (χ0n) is 8.01. The monoisotopic (exact) mass is 236 g/mol. The molecular weight excluding hydrogens is 228 g/mol. The van der Waals surface area contributed by atoms with Gasteiger partial charge in [-0.2, -0.15) is 13.2 Å². The van der Waals surface area contributed by atoms with Crippen molar-refractivity contribution in [3.8, 4) is 0 Å². The summed E-state index contributed by atoms with van der Waals surface area (Å²) in [6.45, 7) is 0.320. The summed E-state index contributed by atoms with van der Waals surface area (Å²) >= 11 is 0. The Morgan fingerprint density at radius 1 is 1.44 bits per heavy atom. The van der Waals surface area contributed by atoms with E-state index in [1.54, 1.807) is 0 Å². The van der Waals surface area contributed by atoms with Gasteiger partial charge >= 0.3 is 6.18 Å². The third-order valence-electron chi connectivity index (χ3n) is 2.20. The van der Waals surface area contributed by atoms with Gasteiger partial charge in [-0.05, 0) is 12.2 Å². The van der Waals surface area contributed by atoms with Crippen LogP contribution in [0.4, 0.5) is 17.6 Å². The van der Waals surface area contributed by atoms with Crippen molar-refractivity contribution in [2.24, 2.45) is 0 Å². The Bertz CT molecular complexity index is 406. The van der Waals surface area contributed by atoms with Crippen LogP contribution in [0.3, 0.4) is 0 Å². The van der Waals surface area contributed by atoms with Gasteiger partial charge in [0.25, 0.3) is 0 Å².